The highest BCUT2D eigenvalue weighted by Gasteiger charge is 2.11. The molecule has 2 aromatic heterocycles. The van der Waals surface area contributed by atoms with Gasteiger partial charge in [-0.15, -0.1) is 10.2 Å². The Kier molecular flexibility index (Phi) is 2.87. The molecule has 0 aliphatic rings. The van der Waals surface area contributed by atoms with Gasteiger partial charge in [0.2, 0.25) is 0 Å². The molecule has 0 unspecified atom stereocenters. The van der Waals surface area contributed by atoms with Crippen LogP contribution in [-0.4, -0.2) is 14.6 Å². The highest BCUT2D eigenvalue weighted by atomic mass is 127. The van der Waals surface area contributed by atoms with Crippen LogP contribution in [0.4, 0.5) is 5.69 Å². The van der Waals surface area contributed by atoms with E-state index in [-0.39, 0.29) is 0 Å². The van der Waals surface area contributed by atoms with Crippen molar-refractivity contribution in [2.45, 2.75) is 0 Å². The molecule has 6 heteroatoms. The van der Waals surface area contributed by atoms with Crippen LogP contribution in [-0.2, 0) is 0 Å². The van der Waals surface area contributed by atoms with Gasteiger partial charge in [0, 0.05) is 26.0 Å². The minimum Gasteiger partial charge on any atom is -0.398 e. The largest absolute Gasteiger partial charge is 0.398 e. The van der Waals surface area contributed by atoms with E-state index in [4.69, 9.17) is 17.3 Å². The number of aromatic nitrogens is 3. The lowest BCUT2D eigenvalue weighted by atomic mass is 10.2. The topological polar surface area (TPSA) is 56.2 Å². The van der Waals surface area contributed by atoms with Gasteiger partial charge in [-0.1, -0.05) is 11.6 Å². The highest BCUT2D eigenvalue weighted by molar-refractivity contribution is 14.1. The van der Waals surface area contributed by atoms with Crippen molar-refractivity contribution in [3.8, 4) is 11.4 Å². The summed E-state index contributed by atoms with van der Waals surface area (Å²) in [6, 6.07) is 9.32. The highest BCUT2D eigenvalue weighted by Crippen LogP contribution is 2.27. The monoisotopic (exact) mass is 370 g/mol. The molecular weight excluding hydrogens is 363 g/mol. The average Bonchev–Trinajstić information content (AvgIpc) is 2.75. The van der Waals surface area contributed by atoms with Crippen molar-refractivity contribution in [3.05, 3.63) is 45.1 Å². The third-order valence-corrected chi connectivity index (χ3v) is 3.77. The molecule has 0 aliphatic heterocycles. The molecule has 1 aromatic carbocycles. The summed E-state index contributed by atoms with van der Waals surface area (Å²) in [6.45, 7) is 0. The van der Waals surface area contributed by atoms with Crippen molar-refractivity contribution in [1.29, 1.82) is 0 Å². The van der Waals surface area contributed by atoms with E-state index in [0.717, 1.165) is 20.6 Å². The number of nitrogens with two attached hydrogens (primary N) is 1. The molecule has 0 spiro atoms. The van der Waals surface area contributed by atoms with Gasteiger partial charge in [0.15, 0.2) is 11.5 Å². The molecule has 0 saturated heterocycles. The van der Waals surface area contributed by atoms with E-state index < -0.39 is 0 Å². The van der Waals surface area contributed by atoms with Crippen LogP contribution in [0.25, 0.3) is 17.0 Å². The molecule has 2 N–H and O–H groups in total. The zero-order valence-electron chi connectivity index (χ0n) is 9.14. The Bertz CT molecular complexity index is 738. The molecule has 0 atom stereocenters. The first kappa shape index (κ1) is 11.7. The van der Waals surface area contributed by atoms with Crippen molar-refractivity contribution in [3.63, 3.8) is 0 Å². The first-order valence-corrected chi connectivity index (χ1v) is 6.66. The summed E-state index contributed by atoms with van der Waals surface area (Å²) in [5.74, 6) is 0.740. The zero-order valence-corrected chi connectivity index (χ0v) is 12.1. The number of fused-ring (bicyclic) bond motifs is 1. The number of halogens is 2. The van der Waals surface area contributed by atoms with Crippen LogP contribution < -0.4 is 5.73 Å². The normalized spacial score (nSPS) is 11.0. The second-order valence-electron chi connectivity index (χ2n) is 3.84. The molecule has 4 nitrogen and oxygen atoms in total. The molecule has 90 valence electrons. The minimum atomic E-state index is 0.667. The number of hydrogen-bond donors (Lipinski definition) is 1. The van der Waals surface area contributed by atoms with Gasteiger partial charge >= 0.3 is 0 Å². The molecule has 0 bridgehead atoms. The van der Waals surface area contributed by atoms with Gasteiger partial charge in [0.25, 0.3) is 0 Å². The second-order valence-corrected chi connectivity index (χ2v) is 5.44. The predicted molar refractivity (Wildman–Crippen MR) is 80.6 cm³/mol. The third-order valence-electron chi connectivity index (χ3n) is 2.59. The number of benzene rings is 1. The van der Waals surface area contributed by atoms with E-state index in [9.17, 15) is 0 Å². The summed E-state index contributed by atoms with van der Waals surface area (Å²) in [7, 11) is 0. The fourth-order valence-corrected chi connectivity index (χ4v) is 2.51. The maximum absolute atomic E-state index is 6.03. The summed E-state index contributed by atoms with van der Waals surface area (Å²) < 4.78 is 2.93. The number of hydrogen-bond acceptors (Lipinski definition) is 3. The molecule has 3 aromatic rings. The first-order chi connectivity index (χ1) is 8.65. The van der Waals surface area contributed by atoms with Gasteiger partial charge in [-0.2, -0.15) is 0 Å². The summed E-state index contributed by atoms with van der Waals surface area (Å²) in [5, 5.41) is 8.99. The predicted octanol–water partition coefficient (Wildman–Crippen LogP) is 3.24. The summed E-state index contributed by atoms with van der Waals surface area (Å²) in [5.41, 5.74) is 8.17. The number of nitrogens with zero attached hydrogens (tertiary/aromatic N) is 3. The zero-order chi connectivity index (χ0) is 12.7. The van der Waals surface area contributed by atoms with Crippen LogP contribution in [0.1, 0.15) is 0 Å². The maximum Gasteiger partial charge on any atom is 0.169 e. The quantitative estimate of drug-likeness (QED) is 0.669. The smallest absolute Gasteiger partial charge is 0.169 e. The van der Waals surface area contributed by atoms with Crippen molar-refractivity contribution >= 4 is 45.5 Å². The van der Waals surface area contributed by atoms with Gasteiger partial charge in [-0.25, -0.2) is 0 Å². The van der Waals surface area contributed by atoms with E-state index in [1.54, 1.807) is 6.07 Å². The molecule has 2 heterocycles. The van der Waals surface area contributed by atoms with Crippen LogP contribution in [0.15, 0.2) is 36.5 Å². The lowest BCUT2D eigenvalue weighted by Gasteiger charge is -2.04. The Morgan fingerprint density at radius 2 is 2.00 bits per heavy atom. The Hall–Kier alpha value is -1.34. The number of anilines is 1. The van der Waals surface area contributed by atoms with Gasteiger partial charge in [-0.3, -0.25) is 4.40 Å². The lowest BCUT2D eigenvalue weighted by molar-refractivity contribution is 1.11. The number of rotatable bonds is 1. The molecule has 18 heavy (non-hydrogen) atoms. The SMILES string of the molecule is Nc1ccc2nnc(-c3cc(Cl)ccc3I)n2c1. The third kappa shape index (κ3) is 1.93. The van der Waals surface area contributed by atoms with Crippen molar-refractivity contribution in [2.24, 2.45) is 0 Å². The Balaban J connectivity index is 2.31. The molecular formula is C12H8ClIN4. The molecule has 0 amide bonds. The van der Waals surface area contributed by atoms with Gasteiger partial charge in [0.1, 0.15) is 0 Å². The Labute approximate surface area is 122 Å². The standard InChI is InChI=1S/C12H8ClIN4/c13-7-1-3-10(14)9(5-7)12-17-16-11-4-2-8(15)6-18(11)12/h1-6H,15H2. The molecule has 0 radical (unpaired) electrons. The lowest BCUT2D eigenvalue weighted by Crippen LogP contribution is -1.94. The van der Waals surface area contributed by atoms with Crippen LogP contribution in [0.5, 0.6) is 0 Å². The number of nitrogen functional groups attached to an aromatic ring is 1. The Morgan fingerprint density at radius 3 is 2.83 bits per heavy atom. The molecule has 0 saturated carbocycles. The summed E-state index contributed by atoms with van der Waals surface area (Å²) in [4.78, 5) is 0. The van der Waals surface area contributed by atoms with Gasteiger partial charge in [0.05, 0.1) is 0 Å². The van der Waals surface area contributed by atoms with E-state index in [0.29, 0.717) is 10.7 Å². The second kappa shape index (κ2) is 4.40. The minimum absolute atomic E-state index is 0.667. The molecule has 0 aliphatic carbocycles. The Morgan fingerprint density at radius 1 is 1.17 bits per heavy atom. The van der Waals surface area contributed by atoms with Crippen LogP contribution in [0, 0.1) is 3.57 Å². The van der Waals surface area contributed by atoms with Crippen LogP contribution in [0.2, 0.25) is 5.02 Å². The van der Waals surface area contributed by atoms with Crippen molar-refractivity contribution < 1.29 is 0 Å². The van der Waals surface area contributed by atoms with E-state index in [2.05, 4.69) is 32.8 Å². The first-order valence-electron chi connectivity index (χ1n) is 5.21. The fraction of sp³-hybridized carbons (Fsp3) is 0. The van der Waals surface area contributed by atoms with Gasteiger partial charge < -0.3 is 5.73 Å². The molecule has 0 fully saturated rings. The van der Waals surface area contributed by atoms with Crippen molar-refractivity contribution in [1.82, 2.24) is 14.6 Å². The number of pyridine rings is 1. The average molecular weight is 371 g/mol. The van der Waals surface area contributed by atoms with E-state index in [1.165, 1.54) is 0 Å². The molecule has 3 rings (SSSR count). The van der Waals surface area contributed by atoms with E-state index >= 15 is 0 Å². The van der Waals surface area contributed by atoms with E-state index in [1.807, 2.05) is 34.9 Å². The van der Waals surface area contributed by atoms with Gasteiger partial charge in [-0.05, 0) is 52.9 Å². The van der Waals surface area contributed by atoms with Crippen molar-refractivity contribution in [2.75, 3.05) is 5.73 Å². The van der Waals surface area contributed by atoms with Crippen LogP contribution >= 0.6 is 34.2 Å². The maximum atomic E-state index is 6.03. The summed E-state index contributed by atoms with van der Waals surface area (Å²) in [6.07, 6.45) is 1.81. The fourth-order valence-electron chi connectivity index (χ4n) is 1.76. The summed E-state index contributed by atoms with van der Waals surface area (Å²) >= 11 is 8.28. The van der Waals surface area contributed by atoms with Crippen LogP contribution in [0.3, 0.4) is 0 Å².